The van der Waals surface area contributed by atoms with Crippen molar-refractivity contribution in [3.05, 3.63) is 27.2 Å². The smallest absolute Gasteiger partial charge is 0.334 e. The minimum absolute atomic E-state index is 0.0414. The topological polar surface area (TPSA) is 111 Å². The Kier molecular flexibility index (Phi) is 4.98. The number of carbonyl (C=O) groups is 2. The van der Waals surface area contributed by atoms with Crippen molar-refractivity contribution in [3.63, 3.8) is 0 Å². The fourth-order valence-electron chi connectivity index (χ4n) is 1.66. The van der Waals surface area contributed by atoms with Crippen molar-refractivity contribution in [2.75, 3.05) is 13.7 Å². The van der Waals surface area contributed by atoms with Crippen molar-refractivity contribution in [2.24, 2.45) is 7.05 Å². The van der Waals surface area contributed by atoms with Crippen molar-refractivity contribution < 1.29 is 19.4 Å². The van der Waals surface area contributed by atoms with Crippen LogP contribution in [0, 0.1) is 13.8 Å². The lowest BCUT2D eigenvalue weighted by atomic mass is 10.1. The molecule has 0 aliphatic carbocycles. The van der Waals surface area contributed by atoms with E-state index >= 15 is 0 Å². The van der Waals surface area contributed by atoms with E-state index in [-0.39, 0.29) is 12.1 Å². The first-order valence-electron chi connectivity index (χ1n) is 5.87. The van der Waals surface area contributed by atoms with Crippen LogP contribution in [0.1, 0.15) is 21.6 Å². The van der Waals surface area contributed by atoms with Crippen LogP contribution < -0.4 is 10.9 Å². The quantitative estimate of drug-likeness (QED) is 0.734. The molecule has 8 nitrogen and oxygen atoms in total. The van der Waals surface area contributed by atoms with Gasteiger partial charge in [0, 0.05) is 14.2 Å². The zero-order valence-electron chi connectivity index (χ0n) is 11.8. The molecule has 1 aromatic rings. The monoisotopic (exact) mass is 283 g/mol. The van der Waals surface area contributed by atoms with Gasteiger partial charge in [-0.05, 0) is 19.4 Å². The number of rotatable bonds is 5. The van der Waals surface area contributed by atoms with Gasteiger partial charge in [0.2, 0.25) is 0 Å². The van der Waals surface area contributed by atoms with Crippen LogP contribution in [0.25, 0.3) is 0 Å². The van der Waals surface area contributed by atoms with E-state index in [4.69, 9.17) is 9.84 Å². The highest BCUT2D eigenvalue weighted by molar-refractivity contribution is 5.95. The number of nitrogens with one attached hydrogen (secondary N) is 1. The lowest BCUT2D eigenvalue weighted by Crippen LogP contribution is -2.41. The molecule has 0 saturated carbocycles. The van der Waals surface area contributed by atoms with Crippen LogP contribution in [0.15, 0.2) is 4.79 Å². The summed E-state index contributed by atoms with van der Waals surface area (Å²) in [6.45, 7) is 3.07. The first kappa shape index (κ1) is 15.8. The molecule has 0 aliphatic heterocycles. The number of hydrogen-bond donors (Lipinski definition) is 2. The maximum absolute atomic E-state index is 12.0. The third-order valence-electron chi connectivity index (χ3n) is 2.96. The van der Waals surface area contributed by atoms with Gasteiger partial charge in [-0.25, -0.2) is 9.48 Å². The maximum Gasteiger partial charge on any atom is 0.334 e. The Labute approximate surface area is 115 Å². The summed E-state index contributed by atoms with van der Waals surface area (Å²) in [6.07, 6.45) is -1.16. The van der Waals surface area contributed by atoms with Crippen LogP contribution in [0.5, 0.6) is 0 Å². The van der Waals surface area contributed by atoms with Gasteiger partial charge in [-0.2, -0.15) is 5.10 Å². The summed E-state index contributed by atoms with van der Waals surface area (Å²) in [5.41, 5.74) is 0.448. The summed E-state index contributed by atoms with van der Waals surface area (Å²) in [5.74, 6) is -1.83. The summed E-state index contributed by atoms with van der Waals surface area (Å²) in [4.78, 5) is 34.7. The molecule has 1 unspecified atom stereocenters. The summed E-state index contributed by atoms with van der Waals surface area (Å²) >= 11 is 0. The number of hydrogen-bond acceptors (Lipinski definition) is 5. The Bertz CT molecular complexity index is 593. The molecule has 2 N–H and O–H groups in total. The molecule has 0 saturated heterocycles. The number of ether oxygens (including phenoxy) is 1. The molecule has 8 heteroatoms. The van der Waals surface area contributed by atoms with Gasteiger partial charge in [-0.15, -0.1) is 0 Å². The van der Waals surface area contributed by atoms with Gasteiger partial charge in [-0.3, -0.25) is 9.59 Å². The van der Waals surface area contributed by atoms with E-state index in [0.29, 0.717) is 11.3 Å². The number of carbonyl (C=O) groups excluding carboxylic acids is 1. The lowest BCUT2D eigenvalue weighted by Gasteiger charge is -2.13. The number of aromatic nitrogens is 2. The van der Waals surface area contributed by atoms with Gasteiger partial charge in [0.1, 0.15) is 5.56 Å². The predicted molar refractivity (Wildman–Crippen MR) is 69.7 cm³/mol. The number of carboxylic acids is 1. The molecule has 0 bridgehead atoms. The van der Waals surface area contributed by atoms with Gasteiger partial charge >= 0.3 is 5.97 Å². The van der Waals surface area contributed by atoms with Gasteiger partial charge < -0.3 is 15.2 Å². The number of carboxylic acid groups (broad SMARTS) is 1. The highest BCUT2D eigenvalue weighted by Crippen LogP contribution is 2.05. The first-order valence-corrected chi connectivity index (χ1v) is 5.87. The van der Waals surface area contributed by atoms with E-state index in [1.54, 1.807) is 13.8 Å². The Morgan fingerprint density at radius 1 is 1.45 bits per heavy atom. The number of amides is 1. The Hall–Kier alpha value is -2.22. The molecule has 0 spiro atoms. The predicted octanol–water partition coefficient (Wildman–Crippen LogP) is -0.773. The average Bonchev–Trinajstić information content (AvgIpc) is 2.37. The van der Waals surface area contributed by atoms with Crippen LogP contribution in [-0.4, -0.2) is 46.5 Å². The van der Waals surface area contributed by atoms with Crippen LogP contribution in [0.3, 0.4) is 0 Å². The first-order chi connectivity index (χ1) is 9.29. The van der Waals surface area contributed by atoms with Gasteiger partial charge in [0.25, 0.3) is 11.5 Å². The van der Waals surface area contributed by atoms with Crippen molar-refractivity contribution in [2.45, 2.75) is 20.0 Å². The van der Waals surface area contributed by atoms with E-state index in [9.17, 15) is 14.4 Å². The third-order valence-corrected chi connectivity index (χ3v) is 2.96. The number of aryl methyl sites for hydroxylation is 2. The molecule has 1 amide bonds. The van der Waals surface area contributed by atoms with E-state index in [1.165, 1.54) is 14.2 Å². The number of methoxy groups -OCH3 is 1. The van der Waals surface area contributed by atoms with Gasteiger partial charge in [0.15, 0.2) is 6.10 Å². The fourth-order valence-corrected chi connectivity index (χ4v) is 1.66. The van der Waals surface area contributed by atoms with Crippen LogP contribution in [0.4, 0.5) is 0 Å². The second-order valence-corrected chi connectivity index (χ2v) is 4.29. The molecule has 1 heterocycles. The average molecular weight is 283 g/mol. The second-order valence-electron chi connectivity index (χ2n) is 4.29. The molecule has 1 aromatic heterocycles. The summed E-state index contributed by atoms with van der Waals surface area (Å²) < 4.78 is 5.77. The molecule has 0 fully saturated rings. The molecule has 20 heavy (non-hydrogen) atoms. The second kappa shape index (κ2) is 6.29. The normalized spacial score (nSPS) is 12.0. The molecular formula is C12H17N3O5. The summed E-state index contributed by atoms with van der Waals surface area (Å²) in [6, 6.07) is 0. The lowest BCUT2D eigenvalue weighted by molar-refractivity contribution is -0.148. The maximum atomic E-state index is 12.0. The van der Waals surface area contributed by atoms with Crippen molar-refractivity contribution >= 4 is 11.9 Å². The van der Waals surface area contributed by atoms with Gasteiger partial charge in [0.05, 0.1) is 12.2 Å². The van der Waals surface area contributed by atoms with Crippen LogP contribution in [-0.2, 0) is 16.6 Å². The molecular weight excluding hydrogens is 266 g/mol. The molecule has 0 aliphatic rings. The SMILES string of the molecule is COC(CNC(=O)c1c(C)c(C)nn(C)c1=O)C(=O)O. The summed E-state index contributed by atoms with van der Waals surface area (Å²) in [7, 11) is 2.67. The Morgan fingerprint density at radius 2 is 2.05 bits per heavy atom. The molecule has 0 radical (unpaired) electrons. The largest absolute Gasteiger partial charge is 0.479 e. The minimum Gasteiger partial charge on any atom is -0.479 e. The van der Waals surface area contributed by atoms with Gasteiger partial charge in [-0.1, -0.05) is 0 Å². The zero-order chi connectivity index (χ0) is 15.4. The van der Waals surface area contributed by atoms with Crippen LogP contribution >= 0.6 is 0 Å². The number of aliphatic carboxylic acids is 1. The highest BCUT2D eigenvalue weighted by atomic mass is 16.5. The fraction of sp³-hybridized carbons (Fsp3) is 0.500. The molecule has 110 valence electrons. The van der Waals surface area contributed by atoms with E-state index in [1.807, 2.05) is 0 Å². The van der Waals surface area contributed by atoms with E-state index < -0.39 is 23.5 Å². The number of nitrogens with zero attached hydrogens (tertiary/aromatic N) is 2. The summed E-state index contributed by atoms with van der Waals surface area (Å²) in [5, 5.41) is 15.1. The Morgan fingerprint density at radius 3 is 2.55 bits per heavy atom. The van der Waals surface area contributed by atoms with E-state index in [2.05, 4.69) is 10.4 Å². The molecule has 0 aromatic carbocycles. The van der Waals surface area contributed by atoms with E-state index in [0.717, 1.165) is 4.68 Å². The van der Waals surface area contributed by atoms with Crippen molar-refractivity contribution in [1.29, 1.82) is 0 Å². The molecule has 1 atom stereocenters. The molecule has 1 rings (SSSR count). The highest BCUT2D eigenvalue weighted by Gasteiger charge is 2.21. The van der Waals surface area contributed by atoms with Crippen molar-refractivity contribution in [1.82, 2.24) is 15.1 Å². The standard InChI is InChI=1S/C12H17N3O5/c1-6-7(2)14-15(3)11(17)9(6)10(16)13-5-8(20-4)12(18)19/h8H,5H2,1-4H3,(H,13,16)(H,18,19). The van der Waals surface area contributed by atoms with Crippen molar-refractivity contribution in [3.8, 4) is 0 Å². The third kappa shape index (κ3) is 3.21. The zero-order valence-corrected chi connectivity index (χ0v) is 11.8. The van der Waals surface area contributed by atoms with Crippen LogP contribution in [0.2, 0.25) is 0 Å². The Balaban J connectivity index is 3.00. The minimum atomic E-state index is -1.19.